The first-order valence-corrected chi connectivity index (χ1v) is 13.7. The van der Waals surface area contributed by atoms with Crippen LogP contribution in [-0.2, 0) is 14.3 Å². The van der Waals surface area contributed by atoms with Gasteiger partial charge in [-0.3, -0.25) is 14.6 Å². The Hall–Kier alpha value is -3.72. The number of hydrogen-bond donors (Lipinski definition) is 4. The first kappa shape index (κ1) is 27.8. The summed E-state index contributed by atoms with van der Waals surface area (Å²) < 4.78 is 41.8. The maximum Gasteiger partial charge on any atom is 0.490 e. The van der Waals surface area contributed by atoms with E-state index in [-0.39, 0.29) is 17.6 Å². The average molecular weight is 580 g/mol. The highest BCUT2D eigenvalue weighted by Gasteiger charge is 2.41. The molecule has 2 aliphatic heterocycles. The van der Waals surface area contributed by atoms with Gasteiger partial charge < -0.3 is 25.6 Å². The standard InChI is InChI=1S/C25H28F3N7O4S/c26-25(27,28)23(38)39-13-18(36)30-14-7-10-35(11-8-14)24-33-20(31-15-4-3-9-29-12-15)19(21(37)34-24)22-32-16-5-1-2-6-17(16)40-22/h1-2,5-6,14-15,29H,3-4,7-13H2,(H,30,36)(H2,31,33,34,37)/t15-/m1/s1. The largest absolute Gasteiger partial charge is 0.490 e. The number of hydrogen-bond acceptors (Lipinski definition) is 10. The molecule has 4 heterocycles. The molecule has 2 aliphatic rings. The number of piperidine rings is 2. The minimum Gasteiger partial charge on any atom is -0.449 e. The normalized spacial score (nSPS) is 18.5. The smallest absolute Gasteiger partial charge is 0.449 e. The van der Waals surface area contributed by atoms with E-state index >= 15 is 0 Å². The molecule has 0 saturated carbocycles. The zero-order chi connectivity index (χ0) is 28.3. The predicted molar refractivity (Wildman–Crippen MR) is 143 cm³/mol. The molecule has 3 aromatic rings. The molecule has 2 saturated heterocycles. The molecular formula is C25H28F3N7O4S. The second-order valence-corrected chi connectivity index (χ2v) is 10.7. The van der Waals surface area contributed by atoms with Crippen LogP contribution in [0.5, 0.6) is 0 Å². The van der Waals surface area contributed by atoms with Crippen LogP contribution in [0, 0.1) is 0 Å². The number of rotatable bonds is 7. The monoisotopic (exact) mass is 579 g/mol. The van der Waals surface area contributed by atoms with Crippen LogP contribution in [0.15, 0.2) is 29.1 Å². The van der Waals surface area contributed by atoms with Crippen LogP contribution in [0.2, 0.25) is 0 Å². The summed E-state index contributed by atoms with van der Waals surface area (Å²) in [5.41, 5.74) is 0.858. The maximum absolute atomic E-state index is 13.4. The van der Waals surface area contributed by atoms with Crippen LogP contribution in [0.3, 0.4) is 0 Å². The van der Waals surface area contributed by atoms with E-state index in [9.17, 15) is 27.6 Å². The van der Waals surface area contributed by atoms with Crippen LogP contribution in [0.1, 0.15) is 25.7 Å². The number of aromatic amines is 1. The summed E-state index contributed by atoms with van der Waals surface area (Å²) in [6.07, 6.45) is -2.31. The van der Waals surface area contributed by atoms with Gasteiger partial charge in [0.05, 0.1) is 10.2 Å². The summed E-state index contributed by atoms with van der Waals surface area (Å²) in [7, 11) is 0. The number of nitrogens with zero attached hydrogens (tertiary/aromatic N) is 3. The Kier molecular flexibility index (Phi) is 8.21. The molecule has 1 amide bonds. The minimum atomic E-state index is -5.15. The van der Waals surface area contributed by atoms with Crippen molar-refractivity contribution in [3.05, 3.63) is 34.6 Å². The summed E-state index contributed by atoms with van der Waals surface area (Å²) in [4.78, 5) is 50.5. The number of nitrogens with one attached hydrogen (secondary N) is 4. The van der Waals surface area contributed by atoms with Gasteiger partial charge in [0.25, 0.3) is 11.5 Å². The number of carbonyl (C=O) groups is 2. The number of H-pyrrole nitrogens is 1. The zero-order valence-corrected chi connectivity index (χ0v) is 22.2. The number of aromatic nitrogens is 3. The van der Waals surface area contributed by atoms with Gasteiger partial charge in [-0.15, -0.1) is 11.3 Å². The van der Waals surface area contributed by atoms with Gasteiger partial charge in [-0.1, -0.05) is 12.1 Å². The highest BCUT2D eigenvalue weighted by atomic mass is 32.1. The summed E-state index contributed by atoms with van der Waals surface area (Å²) in [6, 6.07) is 7.43. The number of esters is 1. The summed E-state index contributed by atoms with van der Waals surface area (Å²) in [5.74, 6) is -2.39. The van der Waals surface area contributed by atoms with E-state index < -0.39 is 24.7 Å². The Morgan fingerprint density at radius 3 is 2.60 bits per heavy atom. The summed E-state index contributed by atoms with van der Waals surface area (Å²) in [5, 5.41) is 9.96. The van der Waals surface area contributed by atoms with Gasteiger partial charge in [0.2, 0.25) is 5.95 Å². The molecule has 11 nitrogen and oxygen atoms in total. The van der Waals surface area contributed by atoms with Gasteiger partial charge in [0.1, 0.15) is 16.4 Å². The maximum atomic E-state index is 13.4. The molecule has 15 heteroatoms. The van der Waals surface area contributed by atoms with Crippen LogP contribution in [0.4, 0.5) is 24.9 Å². The van der Waals surface area contributed by atoms with Crippen LogP contribution >= 0.6 is 11.3 Å². The fourth-order valence-corrected chi connectivity index (χ4v) is 5.79. The number of para-hydroxylation sites is 1. The molecule has 1 atom stereocenters. The van der Waals surface area contributed by atoms with Gasteiger partial charge in [-0.25, -0.2) is 9.78 Å². The van der Waals surface area contributed by atoms with Gasteiger partial charge in [-0.05, 0) is 44.4 Å². The Morgan fingerprint density at radius 2 is 1.90 bits per heavy atom. The van der Waals surface area contributed by atoms with E-state index in [0.29, 0.717) is 48.3 Å². The third-order valence-corrected chi connectivity index (χ3v) is 7.83. The molecule has 0 radical (unpaired) electrons. The van der Waals surface area contributed by atoms with Crippen molar-refractivity contribution in [3.8, 4) is 10.6 Å². The molecule has 2 aromatic heterocycles. The van der Waals surface area contributed by atoms with Crippen LogP contribution < -0.4 is 26.4 Å². The van der Waals surface area contributed by atoms with Crippen molar-refractivity contribution in [2.24, 2.45) is 0 Å². The van der Waals surface area contributed by atoms with E-state index in [4.69, 9.17) is 4.98 Å². The first-order chi connectivity index (χ1) is 19.2. The molecule has 0 aliphatic carbocycles. The average Bonchev–Trinajstić information content (AvgIpc) is 3.35. The first-order valence-electron chi connectivity index (χ1n) is 12.9. The lowest BCUT2D eigenvalue weighted by molar-refractivity contribution is -0.200. The fraction of sp³-hybridized carbons (Fsp3) is 0.480. The van der Waals surface area contributed by atoms with E-state index in [1.54, 1.807) is 0 Å². The van der Waals surface area contributed by atoms with E-state index in [2.05, 4.69) is 30.7 Å². The highest BCUT2D eigenvalue weighted by Crippen LogP contribution is 2.33. The highest BCUT2D eigenvalue weighted by molar-refractivity contribution is 7.21. The fourth-order valence-electron chi connectivity index (χ4n) is 4.78. The van der Waals surface area contributed by atoms with Crippen molar-refractivity contribution in [3.63, 3.8) is 0 Å². The number of alkyl halides is 3. The van der Waals surface area contributed by atoms with E-state index in [0.717, 1.165) is 36.1 Å². The lowest BCUT2D eigenvalue weighted by Crippen LogP contribution is -2.47. The Bertz CT molecular complexity index is 1400. The molecule has 0 bridgehead atoms. The number of benzene rings is 1. The zero-order valence-electron chi connectivity index (χ0n) is 21.3. The second-order valence-electron chi connectivity index (χ2n) is 9.69. The number of anilines is 2. The van der Waals surface area contributed by atoms with Crippen LogP contribution in [-0.4, -0.2) is 77.9 Å². The van der Waals surface area contributed by atoms with Gasteiger partial charge in [0.15, 0.2) is 6.61 Å². The number of amides is 1. The SMILES string of the molecule is O=C(COC(=O)C(F)(F)F)NC1CCN(c2nc(N[C@@H]3CCCNC3)c(-c3nc4ccccc4s3)c(=O)[nH]2)CC1. The van der Waals surface area contributed by atoms with E-state index in [1.807, 2.05) is 29.2 Å². The number of halogens is 3. The second kappa shape index (κ2) is 11.8. The number of ether oxygens (including phenoxy) is 1. The predicted octanol–water partition coefficient (Wildman–Crippen LogP) is 2.40. The summed E-state index contributed by atoms with van der Waals surface area (Å²) >= 11 is 1.42. The molecule has 4 N–H and O–H groups in total. The summed E-state index contributed by atoms with van der Waals surface area (Å²) in [6.45, 7) is 1.54. The number of fused-ring (bicyclic) bond motifs is 1. The van der Waals surface area contributed by atoms with Gasteiger partial charge in [-0.2, -0.15) is 18.2 Å². The van der Waals surface area contributed by atoms with Crippen molar-refractivity contribution in [1.29, 1.82) is 0 Å². The molecule has 214 valence electrons. The molecule has 0 unspecified atom stereocenters. The van der Waals surface area contributed by atoms with Crippen LogP contribution in [0.25, 0.3) is 20.8 Å². The van der Waals surface area contributed by atoms with Crippen molar-refractivity contribution < 1.29 is 27.5 Å². The lowest BCUT2D eigenvalue weighted by atomic mass is 10.1. The number of thiazole rings is 1. The molecule has 5 rings (SSSR count). The Balaban J connectivity index is 1.30. The van der Waals surface area contributed by atoms with E-state index in [1.165, 1.54) is 11.3 Å². The topological polar surface area (TPSA) is 141 Å². The van der Waals surface area contributed by atoms with Gasteiger partial charge >= 0.3 is 12.1 Å². The molecular weight excluding hydrogens is 551 g/mol. The quantitative estimate of drug-likeness (QED) is 0.311. The third-order valence-electron chi connectivity index (χ3n) is 6.78. The van der Waals surface area contributed by atoms with Crippen molar-refractivity contribution in [2.75, 3.05) is 43.0 Å². The molecule has 0 spiro atoms. The van der Waals surface area contributed by atoms with Crippen molar-refractivity contribution >= 4 is 45.2 Å². The lowest BCUT2D eigenvalue weighted by Gasteiger charge is -2.33. The molecule has 1 aromatic carbocycles. The van der Waals surface area contributed by atoms with Gasteiger partial charge in [0, 0.05) is 31.7 Å². The molecule has 40 heavy (non-hydrogen) atoms. The molecule has 2 fully saturated rings. The minimum absolute atomic E-state index is 0.0939. The number of carbonyl (C=O) groups excluding carboxylic acids is 2. The Labute approximate surface area is 230 Å². The van der Waals surface area contributed by atoms with Crippen molar-refractivity contribution in [1.82, 2.24) is 25.6 Å². The Morgan fingerprint density at radius 1 is 1.12 bits per heavy atom. The third kappa shape index (κ3) is 6.53. The van der Waals surface area contributed by atoms with Crippen molar-refractivity contribution in [2.45, 2.75) is 43.9 Å².